The maximum Gasteiger partial charge on any atom is 0.234 e. The Labute approximate surface area is 76.6 Å². The smallest absolute Gasteiger partial charge is 0.234 e. The quantitative estimate of drug-likeness (QED) is 0.643. The normalized spacial score (nSPS) is 9.62. The minimum atomic E-state index is -0.0358. The Bertz CT molecular complexity index is 262. The number of nitrogens with zero attached hydrogens (tertiary/aromatic N) is 2. The fraction of sp³-hybridized carbons (Fsp3) is 0.375. The van der Waals surface area contributed by atoms with E-state index in [4.69, 9.17) is 0 Å². The van der Waals surface area contributed by atoms with Gasteiger partial charge in [0.2, 0.25) is 5.91 Å². The summed E-state index contributed by atoms with van der Waals surface area (Å²) in [7, 11) is 1.73. The fourth-order valence-corrected chi connectivity index (χ4v) is 0.845. The summed E-state index contributed by atoms with van der Waals surface area (Å²) < 4.78 is 0. The van der Waals surface area contributed by atoms with Crippen molar-refractivity contribution in [1.82, 2.24) is 20.6 Å². The van der Waals surface area contributed by atoms with Crippen LogP contribution in [-0.4, -0.2) is 29.5 Å². The zero-order chi connectivity index (χ0) is 9.52. The molecule has 70 valence electrons. The molecule has 1 aromatic heterocycles. The molecule has 0 radical (unpaired) electrons. The maximum atomic E-state index is 11.0. The van der Waals surface area contributed by atoms with Crippen molar-refractivity contribution in [2.24, 2.45) is 0 Å². The second-order valence-electron chi connectivity index (χ2n) is 2.55. The lowest BCUT2D eigenvalue weighted by Gasteiger charge is -2.03. The first kappa shape index (κ1) is 9.60. The van der Waals surface area contributed by atoms with Crippen LogP contribution in [0.5, 0.6) is 0 Å². The minimum absolute atomic E-state index is 0.0358. The number of nitrogens with one attached hydrogen (secondary N) is 2. The van der Waals surface area contributed by atoms with Crippen molar-refractivity contribution in [3.8, 4) is 0 Å². The molecular weight excluding hydrogens is 168 g/mol. The molecule has 5 heteroatoms. The third kappa shape index (κ3) is 3.62. The SMILES string of the molecule is CNCC(=O)NCc1cncnc1. The van der Waals surface area contributed by atoms with E-state index in [0.29, 0.717) is 13.1 Å². The molecule has 13 heavy (non-hydrogen) atoms. The van der Waals surface area contributed by atoms with Crippen LogP contribution in [0.25, 0.3) is 0 Å². The van der Waals surface area contributed by atoms with E-state index in [0.717, 1.165) is 5.56 Å². The topological polar surface area (TPSA) is 66.9 Å². The van der Waals surface area contributed by atoms with Gasteiger partial charge in [0.1, 0.15) is 6.33 Å². The van der Waals surface area contributed by atoms with Crippen molar-refractivity contribution in [1.29, 1.82) is 0 Å². The number of amides is 1. The van der Waals surface area contributed by atoms with E-state index < -0.39 is 0 Å². The van der Waals surface area contributed by atoms with Crippen LogP contribution in [0.2, 0.25) is 0 Å². The minimum Gasteiger partial charge on any atom is -0.351 e. The van der Waals surface area contributed by atoms with Gasteiger partial charge in [-0.15, -0.1) is 0 Å². The van der Waals surface area contributed by atoms with Gasteiger partial charge in [0.15, 0.2) is 0 Å². The van der Waals surface area contributed by atoms with Gasteiger partial charge in [-0.3, -0.25) is 4.79 Å². The molecule has 0 aromatic carbocycles. The number of aromatic nitrogens is 2. The standard InChI is InChI=1S/C8H12N4O/c1-9-5-8(13)12-4-7-2-10-6-11-3-7/h2-3,6,9H,4-5H2,1H3,(H,12,13). The second kappa shape index (κ2) is 5.21. The van der Waals surface area contributed by atoms with Crippen LogP contribution in [0.3, 0.4) is 0 Å². The highest BCUT2D eigenvalue weighted by Crippen LogP contribution is 1.90. The third-order valence-corrected chi connectivity index (χ3v) is 1.44. The molecule has 0 spiro atoms. The van der Waals surface area contributed by atoms with E-state index in [1.807, 2.05) is 0 Å². The summed E-state index contributed by atoms with van der Waals surface area (Å²) in [6.07, 6.45) is 4.80. The Kier molecular flexibility index (Phi) is 3.84. The van der Waals surface area contributed by atoms with E-state index in [1.54, 1.807) is 19.4 Å². The van der Waals surface area contributed by atoms with Crippen LogP contribution in [0.4, 0.5) is 0 Å². The summed E-state index contributed by atoms with van der Waals surface area (Å²) in [5.41, 5.74) is 0.895. The van der Waals surface area contributed by atoms with Gasteiger partial charge < -0.3 is 10.6 Å². The Hall–Kier alpha value is -1.49. The van der Waals surface area contributed by atoms with Crippen LogP contribution < -0.4 is 10.6 Å². The summed E-state index contributed by atoms with van der Waals surface area (Å²) >= 11 is 0. The Morgan fingerprint density at radius 3 is 2.77 bits per heavy atom. The van der Waals surface area contributed by atoms with Crippen molar-refractivity contribution in [3.05, 3.63) is 24.3 Å². The first-order chi connectivity index (χ1) is 6.33. The van der Waals surface area contributed by atoms with Gasteiger partial charge >= 0.3 is 0 Å². The van der Waals surface area contributed by atoms with Crippen LogP contribution in [0, 0.1) is 0 Å². The average molecular weight is 180 g/mol. The van der Waals surface area contributed by atoms with E-state index in [1.165, 1.54) is 6.33 Å². The summed E-state index contributed by atoms with van der Waals surface area (Å²) in [4.78, 5) is 18.7. The highest BCUT2D eigenvalue weighted by molar-refractivity contribution is 5.77. The number of likely N-dealkylation sites (N-methyl/N-ethyl adjacent to an activating group) is 1. The van der Waals surface area contributed by atoms with E-state index >= 15 is 0 Å². The molecule has 0 aliphatic rings. The fourth-order valence-electron chi connectivity index (χ4n) is 0.845. The number of hydrogen-bond donors (Lipinski definition) is 2. The maximum absolute atomic E-state index is 11.0. The monoisotopic (exact) mass is 180 g/mol. The van der Waals surface area contributed by atoms with Gasteiger partial charge in [-0.2, -0.15) is 0 Å². The molecule has 0 atom stereocenters. The average Bonchev–Trinajstić information content (AvgIpc) is 2.17. The van der Waals surface area contributed by atoms with Crippen LogP contribution in [0.15, 0.2) is 18.7 Å². The zero-order valence-corrected chi connectivity index (χ0v) is 7.45. The molecule has 5 nitrogen and oxygen atoms in total. The second-order valence-corrected chi connectivity index (χ2v) is 2.55. The molecule has 2 N–H and O–H groups in total. The van der Waals surface area contributed by atoms with E-state index in [9.17, 15) is 4.79 Å². The van der Waals surface area contributed by atoms with E-state index in [-0.39, 0.29) is 5.91 Å². The van der Waals surface area contributed by atoms with Crippen molar-refractivity contribution in [2.45, 2.75) is 6.54 Å². The number of carbonyl (C=O) groups excluding carboxylic acids is 1. The van der Waals surface area contributed by atoms with Gasteiger partial charge in [-0.25, -0.2) is 9.97 Å². The van der Waals surface area contributed by atoms with Crippen LogP contribution in [-0.2, 0) is 11.3 Å². The largest absolute Gasteiger partial charge is 0.351 e. The first-order valence-corrected chi connectivity index (χ1v) is 3.98. The lowest BCUT2D eigenvalue weighted by molar-refractivity contribution is -0.120. The number of carbonyl (C=O) groups is 1. The molecule has 0 unspecified atom stereocenters. The van der Waals surface area contributed by atoms with E-state index in [2.05, 4.69) is 20.6 Å². The first-order valence-electron chi connectivity index (χ1n) is 3.98. The van der Waals surface area contributed by atoms with Crippen molar-refractivity contribution in [3.63, 3.8) is 0 Å². The molecule has 0 bridgehead atoms. The number of hydrogen-bond acceptors (Lipinski definition) is 4. The van der Waals surface area contributed by atoms with Crippen LogP contribution >= 0.6 is 0 Å². The molecule has 0 aliphatic heterocycles. The lowest BCUT2D eigenvalue weighted by atomic mass is 10.3. The molecule has 0 saturated carbocycles. The van der Waals surface area contributed by atoms with Gasteiger partial charge in [0, 0.05) is 24.5 Å². The molecule has 1 amide bonds. The van der Waals surface area contributed by atoms with Gasteiger partial charge in [0.25, 0.3) is 0 Å². The predicted octanol–water partition coefficient (Wildman–Crippen LogP) is -0.688. The van der Waals surface area contributed by atoms with Gasteiger partial charge in [0.05, 0.1) is 6.54 Å². The summed E-state index contributed by atoms with van der Waals surface area (Å²) in [5, 5.41) is 5.48. The Morgan fingerprint density at radius 1 is 1.46 bits per heavy atom. The summed E-state index contributed by atoms with van der Waals surface area (Å²) in [6.45, 7) is 0.801. The zero-order valence-electron chi connectivity index (χ0n) is 7.45. The molecule has 0 fully saturated rings. The lowest BCUT2D eigenvalue weighted by Crippen LogP contribution is -2.31. The molecule has 1 heterocycles. The molecule has 1 rings (SSSR count). The molecule has 0 aliphatic carbocycles. The van der Waals surface area contributed by atoms with Crippen molar-refractivity contribution in [2.75, 3.05) is 13.6 Å². The highest BCUT2D eigenvalue weighted by Gasteiger charge is 1.98. The van der Waals surface area contributed by atoms with Gasteiger partial charge in [-0.05, 0) is 7.05 Å². The molecule has 0 saturated heterocycles. The Morgan fingerprint density at radius 2 is 2.15 bits per heavy atom. The number of rotatable bonds is 4. The highest BCUT2D eigenvalue weighted by atomic mass is 16.1. The molecular formula is C8H12N4O. The summed E-state index contributed by atoms with van der Waals surface area (Å²) in [5.74, 6) is -0.0358. The summed E-state index contributed by atoms with van der Waals surface area (Å²) in [6, 6.07) is 0. The van der Waals surface area contributed by atoms with Crippen LogP contribution in [0.1, 0.15) is 5.56 Å². The van der Waals surface area contributed by atoms with Crippen molar-refractivity contribution < 1.29 is 4.79 Å². The third-order valence-electron chi connectivity index (χ3n) is 1.44. The Balaban J connectivity index is 2.31. The predicted molar refractivity (Wildman–Crippen MR) is 47.8 cm³/mol. The van der Waals surface area contributed by atoms with Gasteiger partial charge in [-0.1, -0.05) is 0 Å². The van der Waals surface area contributed by atoms with Crippen molar-refractivity contribution >= 4 is 5.91 Å². The molecule has 1 aromatic rings.